The molecule has 0 aliphatic carbocycles. The number of nitrogens with zero attached hydrogens (tertiary/aromatic N) is 2. The summed E-state index contributed by atoms with van der Waals surface area (Å²) in [6.45, 7) is 9.75. The van der Waals surface area contributed by atoms with Gasteiger partial charge in [0.05, 0.1) is 6.04 Å². The Hall–Kier alpha value is -0.960. The third-order valence-electron chi connectivity index (χ3n) is 3.09. The van der Waals surface area contributed by atoms with E-state index >= 15 is 0 Å². The maximum atomic E-state index is 4.45. The van der Waals surface area contributed by atoms with E-state index in [1.165, 1.54) is 6.42 Å². The molecule has 1 N–H and O–H groups in total. The highest BCUT2D eigenvalue weighted by Crippen LogP contribution is 2.20. The Morgan fingerprint density at radius 3 is 2.41 bits per heavy atom. The molecule has 0 aliphatic heterocycles. The van der Waals surface area contributed by atoms with E-state index < -0.39 is 0 Å². The number of rotatable bonds is 7. The topological polar surface area (TPSA) is 37.8 Å². The lowest BCUT2D eigenvalue weighted by Gasteiger charge is -2.20. The van der Waals surface area contributed by atoms with Crippen LogP contribution < -0.4 is 5.32 Å². The van der Waals surface area contributed by atoms with Gasteiger partial charge in [0.1, 0.15) is 5.82 Å². The first-order valence-corrected chi connectivity index (χ1v) is 6.69. The second-order valence-corrected chi connectivity index (χ2v) is 4.87. The van der Waals surface area contributed by atoms with Crippen molar-refractivity contribution in [2.24, 2.45) is 5.92 Å². The van der Waals surface area contributed by atoms with Gasteiger partial charge in [-0.15, -0.1) is 0 Å². The fourth-order valence-electron chi connectivity index (χ4n) is 1.75. The van der Waals surface area contributed by atoms with Crippen molar-refractivity contribution in [1.82, 2.24) is 15.3 Å². The van der Waals surface area contributed by atoms with E-state index in [9.17, 15) is 0 Å². The standard InChI is InChI=1S/C14H25N3/c1-5-7-15-13(8-11(3)6-2)14-16-9-12(4)10-17-14/h9-11,13,15H,5-8H2,1-4H3. The van der Waals surface area contributed by atoms with E-state index in [0.717, 1.165) is 30.8 Å². The zero-order chi connectivity index (χ0) is 12.7. The van der Waals surface area contributed by atoms with Crippen LogP contribution in [0.25, 0.3) is 0 Å². The first kappa shape index (κ1) is 14.1. The molecule has 1 aromatic rings. The molecule has 3 heteroatoms. The molecule has 0 saturated heterocycles. The first-order valence-electron chi connectivity index (χ1n) is 6.69. The summed E-state index contributed by atoms with van der Waals surface area (Å²) in [5.74, 6) is 1.64. The van der Waals surface area contributed by atoms with Gasteiger partial charge in [0.15, 0.2) is 0 Å². The molecule has 0 aliphatic rings. The molecule has 0 saturated carbocycles. The van der Waals surface area contributed by atoms with Crippen LogP contribution in [0.2, 0.25) is 0 Å². The summed E-state index contributed by atoms with van der Waals surface area (Å²) in [5.41, 5.74) is 1.12. The third-order valence-corrected chi connectivity index (χ3v) is 3.09. The summed E-state index contributed by atoms with van der Waals surface area (Å²) in [7, 11) is 0. The monoisotopic (exact) mass is 235 g/mol. The van der Waals surface area contributed by atoms with Crippen LogP contribution in [0.3, 0.4) is 0 Å². The van der Waals surface area contributed by atoms with Gasteiger partial charge in [0, 0.05) is 12.4 Å². The Morgan fingerprint density at radius 2 is 1.88 bits per heavy atom. The largest absolute Gasteiger partial charge is 0.307 e. The van der Waals surface area contributed by atoms with Crippen LogP contribution in [-0.4, -0.2) is 16.5 Å². The summed E-state index contributed by atoms with van der Waals surface area (Å²) in [5, 5.41) is 3.55. The van der Waals surface area contributed by atoms with Crippen LogP contribution >= 0.6 is 0 Å². The maximum Gasteiger partial charge on any atom is 0.145 e. The van der Waals surface area contributed by atoms with Crippen molar-refractivity contribution < 1.29 is 0 Å². The van der Waals surface area contributed by atoms with Gasteiger partial charge < -0.3 is 5.32 Å². The summed E-state index contributed by atoms with van der Waals surface area (Å²) in [4.78, 5) is 8.89. The zero-order valence-corrected chi connectivity index (χ0v) is 11.5. The summed E-state index contributed by atoms with van der Waals surface area (Å²) >= 11 is 0. The van der Waals surface area contributed by atoms with Crippen LogP contribution in [0.4, 0.5) is 0 Å². The van der Waals surface area contributed by atoms with Crippen molar-refractivity contribution in [3.63, 3.8) is 0 Å². The fourth-order valence-corrected chi connectivity index (χ4v) is 1.75. The molecule has 1 rings (SSSR count). The van der Waals surface area contributed by atoms with Crippen molar-refractivity contribution in [3.8, 4) is 0 Å². The molecule has 0 fully saturated rings. The lowest BCUT2D eigenvalue weighted by molar-refractivity contribution is 0.389. The van der Waals surface area contributed by atoms with Gasteiger partial charge in [-0.2, -0.15) is 0 Å². The van der Waals surface area contributed by atoms with Crippen molar-refractivity contribution in [2.45, 2.75) is 53.0 Å². The van der Waals surface area contributed by atoms with Gasteiger partial charge in [-0.1, -0.05) is 27.2 Å². The normalized spacial score (nSPS) is 14.6. The van der Waals surface area contributed by atoms with Crippen molar-refractivity contribution in [2.75, 3.05) is 6.54 Å². The van der Waals surface area contributed by atoms with Gasteiger partial charge in [0.25, 0.3) is 0 Å². The van der Waals surface area contributed by atoms with Gasteiger partial charge >= 0.3 is 0 Å². The molecule has 1 heterocycles. The predicted octanol–water partition coefficient (Wildman–Crippen LogP) is 3.26. The van der Waals surface area contributed by atoms with Crippen LogP contribution in [0, 0.1) is 12.8 Å². The highest BCUT2D eigenvalue weighted by atomic mass is 15.0. The quantitative estimate of drug-likeness (QED) is 0.788. The number of aryl methyl sites for hydroxylation is 1. The van der Waals surface area contributed by atoms with Crippen molar-refractivity contribution in [1.29, 1.82) is 0 Å². The predicted molar refractivity (Wildman–Crippen MR) is 71.9 cm³/mol. The minimum Gasteiger partial charge on any atom is -0.307 e. The second kappa shape index (κ2) is 7.38. The lowest BCUT2D eigenvalue weighted by Crippen LogP contribution is -2.25. The number of nitrogens with one attached hydrogen (secondary N) is 1. The molecule has 2 atom stereocenters. The number of hydrogen-bond acceptors (Lipinski definition) is 3. The summed E-state index contributed by atoms with van der Waals surface area (Å²) in [6.07, 6.45) is 7.26. The van der Waals surface area contributed by atoms with Gasteiger partial charge in [-0.05, 0) is 37.8 Å². The van der Waals surface area contributed by atoms with E-state index in [1.807, 2.05) is 19.3 Å². The Balaban J connectivity index is 2.70. The molecule has 0 aromatic carbocycles. The van der Waals surface area contributed by atoms with E-state index in [0.29, 0.717) is 12.0 Å². The first-order chi connectivity index (χ1) is 8.17. The third kappa shape index (κ3) is 4.82. The Bertz CT molecular complexity index is 308. The van der Waals surface area contributed by atoms with Crippen LogP contribution in [0.1, 0.15) is 57.5 Å². The smallest absolute Gasteiger partial charge is 0.145 e. The van der Waals surface area contributed by atoms with E-state index in [-0.39, 0.29) is 0 Å². The molecule has 2 unspecified atom stereocenters. The minimum atomic E-state index is 0.297. The average molecular weight is 235 g/mol. The van der Waals surface area contributed by atoms with E-state index in [1.54, 1.807) is 0 Å². The van der Waals surface area contributed by atoms with Gasteiger partial charge in [0.2, 0.25) is 0 Å². The maximum absolute atomic E-state index is 4.45. The number of aromatic nitrogens is 2. The fraction of sp³-hybridized carbons (Fsp3) is 0.714. The molecular formula is C14H25N3. The molecule has 0 spiro atoms. The van der Waals surface area contributed by atoms with Crippen LogP contribution in [0.15, 0.2) is 12.4 Å². The SMILES string of the molecule is CCCNC(CC(C)CC)c1ncc(C)cn1. The van der Waals surface area contributed by atoms with Crippen molar-refractivity contribution >= 4 is 0 Å². The van der Waals surface area contributed by atoms with Crippen LogP contribution in [0.5, 0.6) is 0 Å². The molecule has 0 amide bonds. The minimum absolute atomic E-state index is 0.297. The Kier molecular flexibility index (Phi) is 6.12. The highest BCUT2D eigenvalue weighted by molar-refractivity contribution is 5.04. The summed E-state index contributed by atoms with van der Waals surface area (Å²) in [6, 6.07) is 0.297. The van der Waals surface area contributed by atoms with Crippen molar-refractivity contribution in [3.05, 3.63) is 23.8 Å². The Labute approximate surface area is 105 Å². The molecular weight excluding hydrogens is 210 g/mol. The second-order valence-electron chi connectivity index (χ2n) is 4.87. The zero-order valence-electron chi connectivity index (χ0n) is 11.5. The summed E-state index contributed by atoms with van der Waals surface area (Å²) < 4.78 is 0. The molecule has 0 bridgehead atoms. The average Bonchev–Trinajstić information content (AvgIpc) is 2.35. The molecule has 96 valence electrons. The Morgan fingerprint density at radius 1 is 1.24 bits per heavy atom. The van der Waals surface area contributed by atoms with E-state index in [4.69, 9.17) is 0 Å². The lowest BCUT2D eigenvalue weighted by atomic mass is 9.98. The van der Waals surface area contributed by atoms with Gasteiger partial charge in [-0.25, -0.2) is 9.97 Å². The molecule has 1 aromatic heterocycles. The molecule has 0 radical (unpaired) electrons. The highest BCUT2D eigenvalue weighted by Gasteiger charge is 2.16. The van der Waals surface area contributed by atoms with Gasteiger partial charge in [-0.3, -0.25) is 0 Å². The van der Waals surface area contributed by atoms with E-state index in [2.05, 4.69) is 36.1 Å². The molecule has 3 nitrogen and oxygen atoms in total. The number of hydrogen-bond donors (Lipinski definition) is 1. The van der Waals surface area contributed by atoms with Crippen LogP contribution in [-0.2, 0) is 0 Å². The molecule has 17 heavy (non-hydrogen) atoms.